The molecule has 1 aliphatic heterocycles. The molecule has 5 nitrogen and oxygen atoms in total. The largest absolute Gasteiger partial charge is 0.366 e. The van der Waals surface area contributed by atoms with Gasteiger partial charge in [-0.15, -0.1) is 0 Å². The highest BCUT2D eigenvalue weighted by atomic mass is 16.2. The normalized spacial score (nSPS) is 14.9. The van der Waals surface area contributed by atoms with Crippen LogP contribution in [0.4, 0.5) is 16.2 Å². The first-order valence-electron chi connectivity index (χ1n) is 10.2. The molecule has 2 aromatic carbocycles. The molecule has 4 rings (SSSR count). The summed E-state index contributed by atoms with van der Waals surface area (Å²) in [4.78, 5) is 21.4. The molecule has 0 saturated carbocycles. The Hall–Kier alpha value is -3.08. The number of hydrogen-bond donors (Lipinski definition) is 1. The van der Waals surface area contributed by atoms with Gasteiger partial charge in [0, 0.05) is 43.4 Å². The van der Waals surface area contributed by atoms with Gasteiger partial charge in [-0.3, -0.25) is 4.98 Å². The molecule has 1 aliphatic rings. The highest BCUT2D eigenvalue weighted by Gasteiger charge is 2.23. The molecule has 1 fully saturated rings. The van der Waals surface area contributed by atoms with Crippen LogP contribution in [0.3, 0.4) is 0 Å². The maximum Gasteiger partial charge on any atom is 0.321 e. The number of hydrogen-bond acceptors (Lipinski definition) is 3. The van der Waals surface area contributed by atoms with Crippen molar-refractivity contribution in [1.29, 1.82) is 0 Å². The molecule has 0 unspecified atom stereocenters. The van der Waals surface area contributed by atoms with Gasteiger partial charge in [-0.1, -0.05) is 51.1 Å². The van der Waals surface area contributed by atoms with E-state index in [4.69, 9.17) is 0 Å². The smallest absolute Gasteiger partial charge is 0.321 e. The molecule has 150 valence electrons. The van der Waals surface area contributed by atoms with Gasteiger partial charge < -0.3 is 15.1 Å². The zero-order valence-electron chi connectivity index (χ0n) is 17.4. The van der Waals surface area contributed by atoms with E-state index >= 15 is 0 Å². The molecule has 0 bridgehead atoms. The molecule has 0 atom stereocenters. The Kier molecular flexibility index (Phi) is 5.14. The zero-order valence-corrected chi connectivity index (χ0v) is 17.4. The summed E-state index contributed by atoms with van der Waals surface area (Å²) in [6, 6.07) is 18.4. The summed E-state index contributed by atoms with van der Waals surface area (Å²) in [5.41, 5.74) is 4.36. The standard InChI is InChI=1S/C24H28N4O/c1-24(2,3)19-9-11-20(12-10-19)26-23(29)28-16-14-27(15-17-28)21-8-4-6-18-7-5-13-25-22(18)21/h4-13H,14-17H2,1-3H3,(H,26,29). The van der Waals surface area contributed by atoms with E-state index < -0.39 is 0 Å². The van der Waals surface area contributed by atoms with E-state index in [1.54, 1.807) is 0 Å². The summed E-state index contributed by atoms with van der Waals surface area (Å²) in [6.07, 6.45) is 1.83. The topological polar surface area (TPSA) is 48.5 Å². The highest BCUT2D eigenvalue weighted by Crippen LogP contribution is 2.26. The Labute approximate surface area is 172 Å². The van der Waals surface area contributed by atoms with Gasteiger partial charge in [0.2, 0.25) is 0 Å². The van der Waals surface area contributed by atoms with E-state index in [2.05, 4.69) is 72.4 Å². The van der Waals surface area contributed by atoms with Gasteiger partial charge in [0.15, 0.2) is 0 Å². The molecular formula is C24H28N4O. The van der Waals surface area contributed by atoms with E-state index in [1.807, 2.05) is 29.3 Å². The van der Waals surface area contributed by atoms with Crippen molar-refractivity contribution >= 4 is 28.3 Å². The van der Waals surface area contributed by atoms with Crippen LogP contribution in [0.1, 0.15) is 26.3 Å². The minimum Gasteiger partial charge on any atom is -0.366 e. The van der Waals surface area contributed by atoms with Crippen LogP contribution >= 0.6 is 0 Å². The lowest BCUT2D eigenvalue weighted by Crippen LogP contribution is -2.50. The number of nitrogens with zero attached hydrogens (tertiary/aromatic N) is 3. The second-order valence-corrected chi connectivity index (χ2v) is 8.58. The Morgan fingerprint density at radius 3 is 2.31 bits per heavy atom. The molecular weight excluding hydrogens is 360 g/mol. The Morgan fingerprint density at radius 1 is 0.931 bits per heavy atom. The number of pyridine rings is 1. The van der Waals surface area contributed by atoms with Crippen molar-refractivity contribution in [3.8, 4) is 0 Å². The summed E-state index contributed by atoms with van der Waals surface area (Å²) in [7, 11) is 0. The number of para-hydroxylation sites is 1. The molecule has 1 saturated heterocycles. The van der Waals surface area contributed by atoms with Crippen LogP contribution in [0.5, 0.6) is 0 Å². The zero-order chi connectivity index (χ0) is 20.4. The minimum atomic E-state index is -0.0378. The van der Waals surface area contributed by atoms with E-state index in [0.29, 0.717) is 13.1 Å². The summed E-state index contributed by atoms with van der Waals surface area (Å²) >= 11 is 0. The molecule has 0 spiro atoms. The summed E-state index contributed by atoms with van der Waals surface area (Å²) < 4.78 is 0. The quantitative estimate of drug-likeness (QED) is 0.680. The Balaban J connectivity index is 1.38. The molecule has 29 heavy (non-hydrogen) atoms. The predicted octanol–water partition coefficient (Wildman–Crippen LogP) is 4.89. The lowest BCUT2D eigenvalue weighted by Gasteiger charge is -2.36. The van der Waals surface area contributed by atoms with Crippen LogP contribution in [-0.4, -0.2) is 42.1 Å². The fraction of sp³-hybridized carbons (Fsp3) is 0.333. The maximum absolute atomic E-state index is 12.7. The fourth-order valence-electron chi connectivity index (χ4n) is 3.75. The van der Waals surface area contributed by atoms with Gasteiger partial charge in [-0.25, -0.2) is 4.79 Å². The molecule has 0 radical (unpaired) electrons. The number of carbonyl (C=O) groups excluding carboxylic acids is 1. The number of urea groups is 1. The van der Waals surface area contributed by atoms with E-state index in [-0.39, 0.29) is 11.4 Å². The number of aromatic nitrogens is 1. The van der Waals surface area contributed by atoms with Gasteiger partial charge in [0.25, 0.3) is 0 Å². The number of anilines is 2. The van der Waals surface area contributed by atoms with Crippen molar-refractivity contribution < 1.29 is 4.79 Å². The van der Waals surface area contributed by atoms with Crippen LogP contribution in [0.25, 0.3) is 10.9 Å². The molecule has 3 aromatic rings. The Bertz CT molecular complexity index is 994. The molecule has 1 N–H and O–H groups in total. The van der Waals surface area contributed by atoms with Crippen LogP contribution in [0, 0.1) is 0 Å². The Morgan fingerprint density at radius 2 is 1.62 bits per heavy atom. The number of fused-ring (bicyclic) bond motifs is 1. The SMILES string of the molecule is CC(C)(C)c1ccc(NC(=O)N2CCN(c3cccc4cccnc34)CC2)cc1. The molecule has 0 aliphatic carbocycles. The summed E-state index contributed by atoms with van der Waals surface area (Å²) in [6.45, 7) is 9.53. The van der Waals surface area contributed by atoms with Gasteiger partial charge in [-0.2, -0.15) is 0 Å². The number of amides is 2. The number of piperazine rings is 1. The fourth-order valence-corrected chi connectivity index (χ4v) is 3.75. The van der Waals surface area contributed by atoms with Crippen LogP contribution in [-0.2, 0) is 5.41 Å². The van der Waals surface area contributed by atoms with Crippen molar-refractivity contribution in [2.24, 2.45) is 0 Å². The third-order valence-corrected chi connectivity index (χ3v) is 5.52. The maximum atomic E-state index is 12.7. The monoisotopic (exact) mass is 388 g/mol. The average Bonchev–Trinajstić information content (AvgIpc) is 2.73. The molecule has 2 heterocycles. The second-order valence-electron chi connectivity index (χ2n) is 8.58. The number of nitrogens with one attached hydrogen (secondary N) is 1. The first kappa shape index (κ1) is 19.2. The van der Waals surface area contributed by atoms with Gasteiger partial charge in [0.05, 0.1) is 11.2 Å². The van der Waals surface area contributed by atoms with Crippen LogP contribution < -0.4 is 10.2 Å². The van der Waals surface area contributed by atoms with Gasteiger partial charge >= 0.3 is 6.03 Å². The lowest BCUT2D eigenvalue weighted by molar-refractivity contribution is 0.208. The van der Waals surface area contributed by atoms with Gasteiger partial charge in [-0.05, 0) is 35.2 Å². The van der Waals surface area contributed by atoms with Crippen molar-refractivity contribution in [3.05, 3.63) is 66.4 Å². The van der Waals surface area contributed by atoms with E-state index in [1.165, 1.54) is 5.56 Å². The average molecular weight is 389 g/mol. The summed E-state index contributed by atoms with van der Waals surface area (Å²) in [5.74, 6) is 0. The van der Waals surface area contributed by atoms with Crippen LogP contribution in [0.15, 0.2) is 60.8 Å². The number of rotatable bonds is 2. The third kappa shape index (κ3) is 4.19. The molecule has 5 heteroatoms. The summed E-state index contributed by atoms with van der Waals surface area (Å²) in [5, 5.41) is 4.17. The highest BCUT2D eigenvalue weighted by molar-refractivity contribution is 5.91. The number of carbonyl (C=O) groups is 1. The van der Waals surface area contributed by atoms with Crippen molar-refractivity contribution in [1.82, 2.24) is 9.88 Å². The predicted molar refractivity (Wildman–Crippen MR) is 120 cm³/mol. The van der Waals surface area contributed by atoms with Crippen molar-refractivity contribution in [3.63, 3.8) is 0 Å². The molecule has 2 amide bonds. The van der Waals surface area contributed by atoms with E-state index in [0.717, 1.165) is 35.4 Å². The lowest BCUT2D eigenvalue weighted by atomic mass is 9.87. The molecule has 1 aromatic heterocycles. The van der Waals surface area contributed by atoms with Crippen molar-refractivity contribution in [2.75, 3.05) is 36.4 Å². The first-order valence-corrected chi connectivity index (χ1v) is 10.2. The van der Waals surface area contributed by atoms with E-state index in [9.17, 15) is 4.79 Å². The first-order chi connectivity index (χ1) is 13.9. The second kappa shape index (κ2) is 7.74. The van der Waals surface area contributed by atoms with Gasteiger partial charge in [0.1, 0.15) is 0 Å². The number of benzene rings is 2. The third-order valence-electron chi connectivity index (χ3n) is 5.52. The van der Waals surface area contributed by atoms with Crippen LogP contribution in [0.2, 0.25) is 0 Å². The van der Waals surface area contributed by atoms with Crippen molar-refractivity contribution in [2.45, 2.75) is 26.2 Å². The minimum absolute atomic E-state index is 0.0378.